The van der Waals surface area contributed by atoms with E-state index in [1.54, 1.807) is 12.3 Å². The summed E-state index contributed by atoms with van der Waals surface area (Å²) in [4.78, 5) is 36.2. The number of nitrogens with one attached hydrogen (secondary N) is 1. The number of carbonyl (C=O) groups is 1. The zero-order valence-corrected chi connectivity index (χ0v) is 21.4. The van der Waals surface area contributed by atoms with E-state index in [4.69, 9.17) is 4.74 Å². The summed E-state index contributed by atoms with van der Waals surface area (Å²) in [7, 11) is 0. The van der Waals surface area contributed by atoms with Gasteiger partial charge in [0.1, 0.15) is 12.4 Å². The van der Waals surface area contributed by atoms with E-state index in [1.165, 1.54) is 17.2 Å². The fourth-order valence-corrected chi connectivity index (χ4v) is 5.82. The van der Waals surface area contributed by atoms with Gasteiger partial charge in [0.15, 0.2) is 0 Å². The summed E-state index contributed by atoms with van der Waals surface area (Å²) in [6.07, 6.45) is 11.7. The molecule has 0 unspecified atom stereocenters. The number of likely N-dealkylation sites (tertiary alicyclic amines) is 1. The number of pyridine rings is 2. The largest absolute Gasteiger partial charge is 0.492 e. The molecule has 3 aromatic rings. The van der Waals surface area contributed by atoms with Crippen LogP contribution in [0.15, 0.2) is 71.9 Å². The summed E-state index contributed by atoms with van der Waals surface area (Å²) < 4.78 is 6.27. The second-order valence-corrected chi connectivity index (χ2v) is 10.5. The number of fused-ring (bicyclic) bond motifs is 1. The minimum Gasteiger partial charge on any atom is -0.492 e. The van der Waals surface area contributed by atoms with Crippen LogP contribution in [-0.2, 0) is 13.0 Å². The van der Waals surface area contributed by atoms with Crippen molar-refractivity contribution >= 4 is 5.91 Å². The average Bonchev–Trinajstić information content (AvgIpc) is 2.92. The highest BCUT2D eigenvalue weighted by Gasteiger charge is 2.37. The van der Waals surface area contributed by atoms with Gasteiger partial charge < -0.3 is 14.6 Å². The highest BCUT2D eigenvalue weighted by Crippen LogP contribution is 2.39. The van der Waals surface area contributed by atoms with Gasteiger partial charge in [-0.05, 0) is 66.8 Å². The van der Waals surface area contributed by atoms with Crippen LogP contribution in [0.3, 0.4) is 0 Å². The van der Waals surface area contributed by atoms with Crippen LogP contribution >= 0.6 is 0 Å². The first-order valence-corrected chi connectivity index (χ1v) is 13.4. The molecule has 5 rings (SSSR count). The molecule has 1 aromatic carbocycles. The van der Waals surface area contributed by atoms with E-state index in [9.17, 15) is 9.59 Å². The maximum Gasteiger partial charge on any atom is 0.254 e. The number of H-pyrrole nitrogens is 1. The molecule has 4 heterocycles. The minimum atomic E-state index is -0.242. The number of hydrogen-bond donors (Lipinski definition) is 1. The van der Waals surface area contributed by atoms with E-state index < -0.39 is 0 Å². The minimum absolute atomic E-state index is 0.0497. The SMILES string of the molecule is O=C(c1cc[nH]c(=O)c1)N1CCC2(CCCCc3ccccc3OCCN(Cc3cccnc3)C2)CC1. The number of carbonyl (C=O) groups excluding carboxylic acids is 1. The number of aromatic amines is 1. The average molecular weight is 501 g/mol. The highest BCUT2D eigenvalue weighted by molar-refractivity contribution is 5.94. The molecule has 2 aliphatic rings. The summed E-state index contributed by atoms with van der Waals surface area (Å²) in [5, 5.41) is 0. The Balaban J connectivity index is 1.33. The molecule has 0 aliphatic carbocycles. The number of para-hydroxylation sites is 1. The Bertz CT molecular complexity index is 1230. The maximum absolute atomic E-state index is 13.1. The molecule has 1 saturated heterocycles. The van der Waals surface area contributed by atoms with Gasteiger partial charge in [-0.25, -0.2) is 0 Å². The van der Waals surface area contributed by atoms with Gasteiger partial charge >= 0.3 is 0 Å². The molecule has 0 atom stereocenters. The van der Waals surface area contributed by atoms with Gasteiger partial charge in [0.2, 0.25) is 5.56 Å². The molecule has 37 heavy (non-hydrogen) atoms. The van der Waals surface area contributed by atoms with Crippen molar-refractivity contribution in [3.05, 3.63) is 94.2 Å². The van der Waals surface area contributed by atoms with Crippen LogP contribution in [0.4, 0.5) is 0 Å². The van der Waals surface area contributed by atoms with Gasteiger partial charge in [-0.1, -0.05) is 30.7 Å². The first-order valence-electron chi connectivity index (χ1n) is 13.4. The van der Waals surface area contributed by atoms with Crippen molar-refractivity contribution in [1.29, 1.82) is 0 Å². The van der Waals surface area contributed by atoms with Crippen molar-refractivity contribution in [2.45, 2.75) is 45.1 Å². The topological polar surface area (TPSA) is 78.5 Å². The molecule has 1 amide bonds. The smallest absolute Gasteiger partial charge is 0.254 e. The third-order valence-electron chi connectivity index (χ3n) is 7.86. The van der Waals surface area contributed by atoms with Crippen LogP contribution in [0.2, 0.25) is 0 Å². The number of aromatic nitrogens is 2. The van der Waals surface area contributed by atoms with E-state index >= 15 is 0 Å². The number of benzene rings is 1. The quantitative estimate of drug-likeness (QED) is 0.580. The lowest BCUT2D eigenvalue weighted by molar-refractivity contribution is 0.0361. The molecular weight excluding hydrogens is 464 g/mol. The first-order chi connectivity index (χ1) is 18.1. The molecule has 2 aromatic heterocycles. The number of hydrogen-bond acceptors (Lipinski definition) is 5. The molecule has 194 valence electrons. The fraction of sp³-hybridized carbons (Fsp3) is 0.433. The predicted octanol–water partition coefficient (Wildman–Crippen LogP) is 4.30. The number of amides is 1. The van der Waals surface area contributed by atoms with Crippen molar-refractivity contribution < 1.29 is 9.53 Å². The first kappa shape index (κ1) is 25.2. The normalized spacial score (nSPS) is 18.8. The Morgan fingerprint density at radius 1 is 1.03 bits per heavy atom. The summed E-state index contributed by atoms with van der Waals surface area (Å²) in [6, 6.07) is 15.6. The molecule has 0 saturated carbocycles. The number of piperidine rings is 1. The maximum atomic E-state index is 13.1. The molecule has 1 fully saturated rings. The van der Waals surface area contributed by atoms with Crippen LogP contribution < -0.4 is 10.3 Å². The van der Waals surface area contributed by atoms with Crippen LogP contribution in [0.1, 0.15) is 53.6 Å². The second kappa shape index (κ2) is 11.7. The van der Waals surface area contributed by atoms with Gasteiger partial charge in [-0.3, -0.25) is 19.5 Å². The standard InChI is InChI=1S/C30H36N4O3/c35-28-20-26(10-15-32-28)29(36)34-16-12-30(13-17-34)11-4-3-8-25-7-1-2-9-27(25)37-19-18-33(23-30)22-24-6-5-14-31-21-24/h1-2,5-7,9-10,14-15,20-21H,3-4,8,11-13,16-19,22-23H2,(H,32,35). The monoisotopic (exact) mass is 500 g/mol. The summed E-state index contributed by atoms with van der Waals surface area (Å²) in [6.45, 7) is 4.70. The number of rotatable bonds is 3. The van der Waals surface area contributed by atoms with Crippen LogP contribution in [0.5, 0.6) is 5.75 Å². The third-order valence-corrected chi connectivity index (χ3v) is 7.86. The summed E-state index contributed by atoms with van der Waals surface area (Å²) >= 11 is 0. The Hall–Kier alpha value is -3.45. The molecule has 1 N–H and O–H groups in total. The second-order valence-electron chi connectivity index (χ2n) is 10.5. The molecule has 7 heteroatoms. The Morgan fingerprint density at radius 2 is 1.89 bits per heavy atom. The lowest BCUT2D eigenvalue weighted by atomic mass is 9.73. The molecular formula is C30H36N4O3. The van der Waals surface area contributed by atoms with E-state index in [0.717, 1.165) is 63.9 Å². The van der Waals surface area contributed by atoms with Gasteiger partial charge in [-0.2, -0.15) is 0 Å². The number of aryl methyl sites for hydroxylation is 1. The summed E-state index contributed by atoms with van der Waals surface area (Å²) in [5.74, 6) is 0.956. The van der Waals surface area contributed by atoms with Gasteiger partial charge in [0.05, 0.1) is 0 Å². The summed E-state index contributed by atoms with van der Waals surface area (Å²) in [5.41, 5.74) is 2.86. The van der Waals surface area contributed by atoms with E-state index in [1.807, 2.05) is 29.4 Å². The van der Waals surface area contributed by atoms with Gasteiger partial charge in [0, 0.05) is 62.9 Å². The Kier molecular flexibility index (Phi) is 7.99. The van der Waals surface area contributed by atoms with Crippen LogP contribution in [0, 0.1) is 5.41 Å². The number of ether oxygens (including phenoxy) is 1. The van der Waals surface area contributed by atoms with Gasteiger partial charge in [0.25, 0.3) is 5.91 Å². The lowest BCUT2D eigenvalue weighted by Crippen LogP contribution is -2.48. The van der Waals surface area contributed by atoms with Crippen molar-refractivity contribution in [2.24, 2.45) is 5.41 Å². The molecule has 1 spiro atoms. The molecule has 7 nitrogen and oxygen atoms in total. The predicted molar refractivity (Wildman–Crippen MR) is 144 cm³/mol. The molecule has 0 bridgehead atoms. The van der Waals surface area contributed by atoms with Crippen LogP contribution in [-0.4, -0.2) is 58.5 Å². The molecule has 0 radical (unpaired) electrons. The highest BCUT2D eigenvalue weighted by atomic mass is 16.5. The zero-order chi connectivity index (χ0) is 25.5. The van der Waals surface area contributed by atoms with E-state index in [0.29, 0.717) is 25.3 Å². The van der Waals surface area contributed by atoms with E-state index in [2.05, 4.69) is 39.1 Å². The Morgan fingerprint density at radius 3 is 2.70 bits per heavy atom. The zero-order valence-electron chi connectivity index (χ0n) is 21.4. The van der Waals surface area contributed by atoms with Crippen LogP contribution in [0.25, 0.3) is 0 Å². The Labute approximate surface area is 218 Å². The fourth-order valence-electron chi connectivity index (χ4n) is 5.82. The van der Waals surface area contributed by atoms with Crippen molar-refractivity contribution in [3.8, 4) is 5.75 Å². The third kappa shape index (κ3) is 6.46. The number of nitrogens with zero attached hydrogens (tertiary/aromatic N) is 3. The van der Waals surface area contributed by atoms with Crippen molar-refractivity contribution in [1.82, 2.24) is 19.8 Å². The van der Waals surface area contributed by atoms with Gasteiger partial charge in [-0.15, -0.1) is 0 Å². The van der Waals surface area contributed by atoms with Crippen molar-refractivity contribution in [2.75, 3.05) is 32.8 Å². The lowest BCUT2D eigenvalue weighted by Gasteiger charge is -2.45. The molecule has 2 aliphatic heterocycles. The van der Waals surface area contributed by atoms with Crippen molar-refractivity contribution in [3.63, 3.8) is 0 Å². The van der Waals surface area contributed by atoms with E-state index in [-0.39, 0.29) is 16.9 Å².